The van der Waals surface area contributed by atoms with Gasteiger partial charge in [-0.25, -0.2) is 0 Å². The summed E-state index contributed by atoms with van der Waals surface area (Å²) in [6.07, 6.45) is -4.53. The number of nitrogens with one attached hydrogen (secondary N) is 1. The van der Waals surface area contributed by atoms with Crippen molar-refractivity contribution in [1.29, 1.82) is 0 Å². The number of benzene rings is 2. The number of carbonyl (C=O) groups is 3. The zero-order valence-corrected chi connectivity index (χ0v) is 13.6. The highest BCUT2D eigenvalue weighted by atomic mass is 19.4. The highest BCUT2D eigenvalue weighted by Crippen LogP contribution is 2.31. The molecule has 1 aliphatic heterocycles. The lowest BCUT2D eigenvalue weighted by Crippen LogP contribution is -2.37. The Hall–Kier alpha value is -3.16. The highest BCUT2D eigenvalue weighted by molar-refractivity contribution is 6.52. The monoisotopic (exact) mass is 362 g/mol. The van der Waals surface area contributed by atoms with Crippen molar-refractivity contribution in [1.82, 2.24) is 0 Å². The number of fused-ring (bicyclic) bond motifs is 1. The molecule has 0 atom stereocenters. The Labute approximate surface area is 146 Å². The molecule has 3 rings (SSSR count). The predicted octanol–water partition coefficient (Wildman–Crippen LogP) is 3.18. The zero-order chi connectivity index (χ0) is 19.1. The van der Waals surface area contributed by atoms with Crippen molar-refractivity contribution >= 4 is 29.0 Å². The Kier molecular flexibility index (Phi) is 4.27. The van der Waals surface area contributed by atoms with Gasteiger partial charge < -0.3 is 5.32 Å². The molecule has 26 heavy (non-hydrogen) atoms. The molecule has 1 aliphatic rings. The van der Waals surface area contributed by atoms with Gasteiger partial charge in [0.15, 0.2) is 0 Å². The number of Topliss-reactive ketones (excluding diaryl/α,β-unsaturated/α-hetero) is 1. The van der Waals surface area contributed by atoms with E-state index in [0.29, 0.717) is 5.69 Å². The van der Waals surface area contributed by atoms with Crippen molar-refractivity contribution < 1.29 is 27.6 Å². The van der Waals surface area contributed by atoms with E-state index >= 15 is 0 Å². The van der Waals surface area contributed by atoms with Gasteiger partial charge in [0, 0.05) is 5.69 Å². The summed E-state index contributed by atoms with van der Waals surface area (Å²) >= 11 is 0. The molecule has 2 aromatic carbocycles. The average Bonchev–Trinajstić information content (AvgIpc) is 2.79. The van der Waals surface area contributed by atoms with Crippen molar-refractivity contribution in [3.8, 4) is 0 Å². The molecule has 0 aromatic heterocycles. The van der Waals surface area contributed by atoms with Crippen molar-refractivity contribution in [3.63, 3.8) is 0 Å². The van der Waals surface area contributed by atoms with Crippen LogP contribution in [0.5, 0.6) is 0 Å². The smallest absolute Gasteiger partial charge is 0.325 e. The van der Waals surface area contributed by atoms with E-state index in [1.165, 1.54) is 12.1 Å². The maximum Gasteiger partial charge on any atom is 0.416 e. The number of carbonyl (C=O) groups excluding carboxylic acids is 3. The van der Waals surface area contributed by atoms with Crippen molar-refractivity contribution in [3.05, 3.63) is 59.2 Å². The molecular weight excluding hydrogens is 349 g/mol. The summed E-state index contributed by atoms with van der Waals surface area (Å²) in [4.78, 5) is 37.3. The van der Waals surface area contributed by atoms with Crippen LogP contribution in [0.2, 0.25) is 0 Å². The van der Waals surface area contributed by atoms with Crippen LogP contribution < -0.4 is 10.2 Å². The fourth-order valence-corrected chi connectivity index (χ4v) is 2.69. The Morgan fingerprint density at radius 2 is 1.85 bits per heavy atom. The zero-order valence-electron chi connectivity index (χ0n) is 13.6. The molecule has 0 bridgehead atoms. The Bertz CT molecular complexity index is 922. The summed E-state index contributed by atoms with van der Waals surface area (Å²) in [7, 11) is 0. The van der Waals surface area contributed by atoms with Gasteiger partial charge in [0.25, 0.3) is 11.7 Å². The van der Waals surface area contributed by atoms with Crippen LogP contribution in [0.25, 0.3) is 0 Å². The maximum absolute atomic E-state index is 12.7. The van der Waals surface area contributed by atoms with Crippen LogP contribution in [0, 0.1) is 6.92 Å². The molecule has 5 nitrogen and oxygen atoms in total. The third-order valence-electron chi connectivity index (χ3n) is 3.90. The molecule has 1 heterocycles. The van der Waals surface area contributed by atoms with Crippen LogP contribution in [-0.4, -0.2) is 24.1 Å². The lowest BCUT2D eigenvalue weighted by Gasteiger charge is -2.16. The van der Waals surface area contributed by atoms with Crippen molar-refractivity contribution in [2.45, 2.75) is 13.1 Å². The summed E-state index contributed by atoms with van der Waals surface area (Å²) in [5.41, 5.74) is 0.363. The first-order valence-corrected chi connectivity index (χ1v) is 7.61. The van der Waals surface area contributed by atoms with E-state index in [2.05, 4.69) is 5.32 Å². The lowest BCUT2D eigenvalue weighted by molar-refractivity contribution is -0.137. The number of alkyl halides is 3. The molecule has 0 aliphatic carbocycles. The Balaban J connectivity index is 1.77. The first-order chi connectivity index (χ1) is 12.2. The topological polar surface area (TPSA) is 66.5 Å². The first kappa shape index (κ1) is 17.7. The van der Waals surface area contributed by atoms with Crippen LogP contribution in [0.1, 0.15) is 21.5 Å². The van der Waals surface area contributed by atoms with Gasteiger partial charge in [-0.2, -0.15) is 13.2 Å². The molecule has 0 saturated carbocycles. The maximum atomic E-state index is 12.7. The van der Waals surface area contributed by atoms with Gasteiger partial charge in [0.05, 0.1) is 16.8 Å². The molecular formula is C18H13F3N2O3. The summed E-state index contributed by atoms with van der Waals surface area (Å²) in [5.74, 6) is -2.26. The fraction of sp³-hybridized carbons (Fsp3) is 0.167. The molecule has 8 heteroatoms. The van der Waals surface area contributed by atoms with Gasteiger partial charge in [-0.1, -0.05) is 17.7 Å². The van der Waals surface area contributed by atoms with Gasteiger partial charge in [0.1, 0.15) is 6.54 Å². The second-order valence-corrected chi connectivity index (χ2v) is 5.87. The van der Waals surface area contributed by atoms with E-state index in [1.54, 1.807) is 25.1 Å². The quantitative estimate of drug-likeness (QED) is 0.853. The van der Waals surface area contributed by atoms with Crippen LogP contribution in [0.3, 0.4) is 0 Å². The van der Waals surface area contributed by atoms with Gasteiger partial charge in [0.2, 0.25) is 5.91 Å². The minimum absolute atomic E-state index is 0.0491. The number of hydrogen-bond acceptors (Lipinski definition) is 3. The SMILES string of the molecule is Cc1ccc2c(c1)C(=O)C(=O)N2CC(=O)Nc1cccc(C(F)(F)F)c1. The molecule has 0 fully saturated rings. The number of amides is 2. The van der Waals surface area contributed by atoms with Gasteiger partial charge >= 0.3 is 6.18 Å². The first-order valence-electron chi connectivity index (χ1n) is 7.61. The molecule has 0 unspecified atom stereocenters. The standard InChI is InChI=1S/C18H13F3N2O3/c1-10-5-6-14-13(7-10)16(25)17(26)23(14)9-15(24)22-12-4-2-3-11(8-12)18(19,20)21/h2-8H,9H2,1H3,(H,22,24). The third-order valence-corrected chi connectivity index (χ3v) is 3.90. The molecule has 2 amide bonds. The van der Waals surface area contributed by atoms with E-state index in [1.807, 2.05) is 0 Å². The number of hydrogen-bond donors (Lipinski definition) is 1. The van der Waals surface area contributed by atoms with Crippen LogP contribution in [0.4, 0.5) is 24.5 Å². The third kappa shape index (κ3) is 3.30. The van der Waals surface area contributed by atoms with Crippen molar-refractivity contribution in [2.24, 2.45) is 0 Å². The molecule has 0 spiro atoms. The normalized spacial score (nSPS) is 13.8. The number of nitrogens with zero attached hydrogens (tertiary/aromatic N) is 1. The molecule has 0 radical (unpaired) electrons. The largest absolute Gasteiger partial charge is 0.416 e. The van der Waals surface area contributed by atoms with Crippen LogP contribution in [-0.2, 0) is 15.8 Å². The molecule has 1 N–H and O–H groups in total. The second kappa shape index (κ2) is 6.29. The second-order valence-electron chi connectivity index (χ2n) is 5.87. The predicted molar refractivity (Wildman–Crippen MR) is 87.9 cm³/mol. The number of halogens is 3. The van der Waals surface area contributed by atoms with Crippen molar-refractivity contribution in [2.75, 3.05) is 16.8 Å². The molecule has 2 aromatic rings. The van der Waals surface area contributed by atoms with Gasteiger partial charge in [-0.3, -0.25) is 19.3 Å². The Morgan fingerprint density at radius 3 is 2.54 bits per heavy atom. The average molecular weight is 362 g/mol. The number of ketones is 1. The number of rotatable bonds is 3. The summed E-state index contributed by atoms with van der Waals surface area (Å²) in [6.45, 7) is 1.29. The van der Waals surface area contributed by atoms with E-state index in [-0.39, 0.29) is 11.3 Å². The Morgan fingerprint density at radius 1 is 1.12 bits per heavy atom. The summed E-state index contributed by atoms with van der Waals surface area (Å²) in [6, 6.07) is 8.97. The fourth-order valence-electron chi connectivity index (χ4n) is 2.69. The lowest BCUT2D eigenvalue weighted by atomic mass is 10.1. The minimum Gasteiger partial charge on any atom is -0.325 e. The van der Waals surface area contributed by atoms with Gasteiger partial charge in [-0.15, -0.1) is 0 Å². The van der Waals surface area contributed by atoms with E-state index < -0.39 is 35.9 Å². The van der Waals surface area contributed by atoms with E-state index in [4.69, 9.17) is 0 Å². The van der Waals surface area contributed by atoms with Crippen LogP contribution in [0.15, 0.2) is 42.5 Å². The molecule has 0 saturated heterocycles. The van der Waals surface area contributed by atoms with E-state index in [9.17, 15) is 27.6 Å². The molecule has 134 valence electrons. The van der Waals surface area contributed by atoms with E-state index in [0.717, 1.165) is 22.6 Å². The number of aryl methyl sites for hydroxylation is 1. The highest BCUT2D eigenvalue weighted by Gasteiger charge is 2.37. The van der Waals surface area contributed by atoms with Crippen LogP contribution >= 0.6 is 0 Å². The van der Waals surface area contributed by atoms with Gasteiger partial charge in [-0.05, 0) is 37.3 Å². The summed E-state index contributed by atoms with van der Waals surface area (Å²) in [5, 5.41) is 2.31. The summed E-state index contributed by atoms with van der Waals surface area (Å²) < 4.78 is 38.2. The minimum atomic E-state index is -4.53. The number of anilines is 2.